The van der Waals surface area contributed by atoms with Crippen molar-refractivity contribution < 1.29 is 18.0 Å². The van der Waals surface area contributed by atoms with Crippen LogP contribution >= 0.6 is 34.9 Å². The zero-order valence-corrected chi connectivity index (χ0v) is 11.7. The van der Waals surface area contributed by atoms with E-state index in [0.29, 0.717) is 4.34 Å². The molecule has 0 spiro atoms. The van der Waals surface area contributed by atoms with Crippen molar-refractivity contribution in [2.75, 3.05) is 18.1 Å². The van der Waals surface area contributed by atoms with Crippen molar-refractivity contribution in [2.45, 2.75) is 21.8 Å². The van der Waals surface area contributed by atoms with Gasteiger partial charge < -0.3 is 5.32 Å². The average molecular weight is 317 g/mol. The highest BCUT2D eigenvalue weighted by Crippen LogP contribution is 2.28. The van der Waals surface area contributed by atoms with E-state index < -0.39 is 18.6 Å². The van der Waals surface area contributed by atoms with Crippen LogP contribution in [0.25, 0.3) is 0 Å². The number of amides is 1. The normalized spacial score (nSPS) is 11.6. The fraction of sp³-hybridized carbons (Fsp3) is 0.625. The predicted molar refractivity (Wildman–Crippen MR) is 66.1 cm³/mol. The number of carbonyl (C=O) groups is 1. The SMILES string of the molecule is CCSc1nnc(SCC(=O)NCC(F)(F)F)s1. The van der Waals surface area contributed by atoms with E-state index in [1.807, 2.05) is 6.92 Å². The standard InChI is InChI=1S/C8H10F3N3OS3/c1-2-16-6-13-14-7(18-6)17-3-5(15)12-4-8(9,10)11/h2-4H2,1H3,(H,12,15). The van der Waals surface area contributed by atoms with Crippen molar-refractivity contribution in [2.24, 2.45) is 0 Å². The first-order valence-corrected chi connectivity index (χ1v) is 7.62. The molecule has 0 fully saturated rings. The number of rotatable bonds is 6. The Balaban J connectivity index is 2.29. The van der Waals surface area contributed by atoms with E-state index in [4.69, 9.17) is 0 Å². The third-order valence-electron chi connectivity index (χ3n) is 1.47. The minimum absolute atomic E-state index is 0.0957. The molecular formula is C8H10F3N3OS3. The van der Waals surface area contributed by atoms with Crippen LogP contribution in [0.1, 0.15) is 6.92 Å². The van der Waals surface area contributed by atoms with Gasteiger partial charge in [-0.3, -0.25) is 4.79 Å². The summed E-state index contributed by atoms with van der Waals surface area (Å²) in [6.45, 7) is 0.670. The van der Waals surface area contributed by atoms with Gasteiger partial charge >= 0.3 is 6.18 Å². The van der Waals surface area contributed by atoms with Gasteiger partial charge in [0.15, 0.2) is 8.68 Å². The van der Waals surface area contributed by atoms with E-state index in [1.165, 1.54) is 23.1 Å². The minimum Gasteiger partial charge on any atom is -0.346 e. The van der Waals surface area contributed by atoms with E-state index in [0.717, 1.165) is 21.9 Å². The predicted octanol–water partition coefficient (Wildman–Crippen LogP) is 2.42. The Morgan fingerprint density at radius 1 is 1.33 bits per heavy atom. The molecule has 10 heteroatoms. The summed E-state index contributed by atoms with van der Waals surface area (Å²) in [7, 11) is 0. The van der Waals surface area contributed by atoms with E-state index in [9.17, 15) is 18.0 Å². The van der Waals surface area contributed by atoms with Crippen LogP contribution in [0, 0.1) is 0 Å². The molecular weight excluding hydrogens is 307 g/mol. The molecule has 0 radical (unpaired) electrons. The molecule has 1 aromatic rings. The fourth-order valence-corrected chi connectivity index (χ4v) is 3.56. The Hall–Kier alpha value is -0.480. The number of alkyl halides is 3. The summed E-state index contributed by atoms with van der Waals surface area (Å²) in [5.41, 5.74) is 0. The summed E-state index contributed by atoms with van der Waals surface area (Å²) in [6, 6.07) is 0. The maximum atomic E-state index is 11.8. The van der Waals surface area contributed by atoms with Crippen molar-refractivity contribution >= 4 is 40.8 Å². The fourth-order valence-electron chi connectivity index (χ4n) is 0.814. The molecule has 1 N–H and O–H groups in total. The van der Waals surface area contributed by atoms with Gasteiger partial charge in [-0.1, -0.05) is 41.8 Å². The van der Waals surface area contributed by atoms with Gasteiger partial charge in [0.2, 0.25) is 5.91 Å². The molecule has 0 saturated heterocycles. The van der Waals surface area contributed by atoms with E-state index in [2.05, 4.69) is 10.2 Å². The van der Waals surface area contributed by atoms with Crippen molar-refractivity contribution in [1.29, 1.82) is 0 Å². The molecule has 0 aliphatic rings. The molecule has 0 aromatic carbocycles. The van der Waals surface area contributed by atoms with Crippen LogP contribution in [0.15, 0.2) is 8.68 Å². The van der Waals surface area contributed by atoms with Crippen molar-refractivity contribution in [3.05, 3.63) is 0 Å². The molecule has 1 amide bonds. The molecule has 0 atom stereocenters. The monoisotopic (exact) mass is 317 g/mol. The van der Waals surface area contributed by atoms with Gasteiger partial charge in [-0.2, -0.15) is 13.2 Å². The number of thioether (sulfide) groups is 2. The summed E-state index contributed by atoms with van der Waals surface area (Å²) < 4.78 is 36.8. The van der Waals surface area contributed by atoms with Gasteiger partial charge in [-0.05, 0) is 5.75 Å². The quantitative estimate of drug-likeness (QED) is 0.817. The Labute approximate surface area is 114 Å². The number of hydrogen-bond acceptors (Lipinski definition) is 6. The van der Waals surface area contributed by atoms with Gasteiger partial charge in [0.1, 0.15) is 6.54 Å². The lowest BCUT2D eigenvalue weighted by Gasteiger charge is -2.07. The number of nitrogens with one attached hydrogen (secondary N) is 1. The largest absolute Gasteiger partial charge is 0.405 e. The van der Waals surface area contributed by atoms with Crippen molar-refractivity contribution in [1.82, 2.24) is 15.5 Å². The number of hydrogen-bond donors (Lipinski definition) is 1. The third kappa shape index (κ3) is 6.45. The molecule has 1 aromatic heterocycles. The van der Waals surface area contributed by atoms with Crippen LogP contribution < -0.4 is 5.32 Å². The summed E-state index contributed by atoms with van der Waals surface area (Å²) in [5, 5.41) is 9.48. The van der Waals surface area contributed by atoms with Gasteiger partial charge in [0.05, 0.1) is 5.75 Å². The minimum atomic E-state index is -4.38. The van der Waals surface area contributed by atoms with E-state index in [1.54, 1.807) is 5.32 Å². The van der Waals surface area contributed by atoms with E-state index in [-0.39, 0.29) is 5.75 Å². The molecule has 1 rings (SSSR count). The molecule has 0 aliphatic carbocycles. The summed E-state index contributed by atoms with van der Waals surface area (Å²) >= 11 is 3.93. The van der Waals surface area contributed by atoms with E-state index >= 15 is 0 Å². The Bertz CT molecular complexity index is 396. The number of halogens is 3. The number of carbonyl (C=O) groups excluding carboxylic acids is 1. The molecule has 102 valence electrons. The van der Waals surface area contributed by atoms with Gasteiger partial charge in [0.25, 0.3) is 0 Å². The van der Waals surface area contributed by atoms with Crippen LogP contribution in [-0.4, -0.2) is 40.3 Å². The highest BCUT2D eigenvalue weighted by molar-refractivity contribution is 8.03. The van der Waals surface area contributed by atoms with Crippen LogP contribution in [-0.2, 0) is 4.79 Å². The second-order valence-electron chi connectivity index (χ2n) is 2.95. The average Bonchev–Trinajstić information content (AvgIpc) is 2.71. The molecule has 0 unspecified atom stereocenters. The lowest BCUT2D eigenvalue weighted by molar-refractivity contribution is -0.136. The second kappa shape index (κ2) is 7.19. The number of aromatic nitrogens is 2. The number of nitrogens with zero attached hydrogens (tertiary/aromatic N) is 2. The zero-order chi connectivity index (χ0) is 13.6. The highest BCUT2D eigenvalue weighted by Gasteiger charge is 2.27. The first-order valence-electron chi connectivity index (χ1n) is 4.83. The zero-order valence-electron chi connectivity index (χ0n) is 9.28. The van der Waals surface area contributed by atoms with Gasteiger partial charge in [0, 0.05) is 0 Å². The third-order valence-corrected chi connectivity index (χ3v) is 4.54. The lowest BCUT2D eigenvalue weighted by Crippen LogP contribution is -2.34. The maximum Gasteiger partial charge on any atom is 0.405 e. The van der Waals surface area contributed by atoms with Crippen LogP contribution in [0.3, 0.4) is 0 Å². The first-order chi connectivity index (χ1) is 8.40. The topological polar surface area (TPSA) is 54.9 Å². The second-order valence-corrected chi connectivity index (χ2v) is 6.66. The summed E-state index contributed by atoms with van der Waals surface area (Å²) in [4.78, 5) is 11.1. The Morgan fingerprint density at radius 3 is 2.50 bits per heavy atom. The Kier molecular flexibility index (Phi) is 6.22. The lowest BCUT2D eigenvalue weighted by atomic mass is 10.6. The molecule has 18 heavy (non-hydrogen) atoms. The smallest absolute Gasteiger partial charge is 0.346 e. The molecule has 0 aliphatic heterocycles. The molecule has 1 heterocycles. The van der Waals surface area contributed by atoms with Crippen LogP contribution in [0.5, 0.6) is 0 Å². The summed E-state index contributed by atoms with van der Waals surface area (Å²) in [6.07, 6.45) is -4.38. The van der Waals surface area contributed by atoms with Crippen molar-refractivity contribution in [3.8, 4) is 0 Å². The maximum absolute atomic E-state index is 11.8. The van der Waals surface area contributed by atoms with Gasteiger partial charge in [-0.15, -0.1) is 10.2 Å². The first kappa shape index (κ1) is 15.6. The molecule has 4 nitrogen and oxygen atoms in total. The van der Waals surface area contributed by atoms with Crippen LogP contribution in [0.4, 0.5) is 13.2 Å². The van der Waals surface area contributed by atoms with Crippen molar-refractivity contribution in [3.63, 3.8) is 0 Å². The molecule has 0 bridgehead atoms. The highest BCUT2D eigenvalue weighted by atomic mass is 32.2. The van der Waals surface area contributed by atoms with Crippen LogP contribution in [0.2, 0.25) is 0 Å². The Morgan fingerprint density at radius 2 is 1.94 bits per heavy atom. The van der Waals surface area contributed by atoms with Gasteiger partial charge in [-0.25, -0.2) is 0 Å². The molecule has 0 saturated carbocycles. The summed E-state index contributed by atoms with van der Waals surface area (Å²) in [5.74, 6) is 0.101.